The highest BCUT2D eigenvalue weighted by molar-refractivity contribution is 7.10. The standard InChI is InChI=1S/C14H24N2S/c1-12-6-9-17-14(12)10-15-7-8-16(2)11-13-4-3-5-13/h6,9,13,15H,3-5,7-8,10-11H2,1-2H3. The number of nitrogens with zero attached hydrogens (tertiary/aromatic N) is 1. The van der Waals surface area contributed by atoms with Crippen molar-refractivity contribution in [2.24, 2.45) is 5.92 Å². The topological polar surface area (TPSA) is 15.3 Å². The Morgan fingerprint density at radius 2 is 2.29 bits per heavy atom. The number of hydrogen-bond donors (Lipinski definition) is 1. The van der Waals surface area contributed by atoms with Gasteiger partial charge in [-0.2, -0.15) is 0 Å². The Morgan fingerprint density at radius 1 is 1.47 bits per heavy atom. The number of rotatable bonds is 7. The first-order valence-corrected chi connectivity index (χ1v) is 7.56. The second-order valence-electron chi connectivity index (χ2n) is 5.26. The van der Waals surface area contributed by atoms with Crippen molar-refractivity contribution in [1.29, 1.82) is 0 Å². The molecule has 0 radical (unpaired) electrons. The van der Waals surface area contributed by atoms with E-state index in [2.05, 4.69) is 35.6 Å². The minimum Gasteiger partial charge on any atom is -0.311 e. The van der Waals surface area contributed by atoms with Crippen molar-refractivity contribution in [3.05, 3.63) is 21.9 Å². The van der Waals surface area contributed by atoms with Gasteiger partial charge >= 0.3 is 0 Å². The molecule has 0 spiro atoms. The summed E-state index contributed by atoms with van der Waals surface area (Å²) in [5, 5.41) is 5.71. The fraction of sp³-hybridized carbons (Fsp3) is 0.714. The van der Waals surface area contributed by atoms with Gasteiger partial charge in [-0.3, -0.25) is 0 Å². The highest BCUT2D eigenvalue weighted by Crippen LogP contribution is 2.26. The number of likely N-dealkylation sites (N-methyl/N-ethyl adjacent to an activating group) is 1. The molecule has 0 aromatic carbocycles. The van der Waals surface area contributed by atoms with Crippen LogP contribution in [-0.2, 0) is 6.54 Å². The first kappa shape index (κ1) is 13.1. The van der Waals surface area contributed by atoms with E-state index < -0.39 is 0 Å². The molecule has 0 bridgehead atoms. The molecule has 1 aliphatic rings. The molecule has 1 aromatic rings. The molecule has 0 aliphatic heterocycles. The van der Waals surface area contributed by atoms with Crippen LogP contribution in [0.15, 0.2) is 11.4 Å². The lowest BCUT2D eigenvalue weighted by Crippen LogP contribution is -2.34. The maximum atomic E-state index is 3.54. The van der Waals surface area contributed by atoms with Crippen molar-refractivity contribution in [3.8, 4) is 0 Å². The molecule has 1 heterocycles. The van der Waals surface area contributed by atoms with Crippen molar-refractivity contribution in [1.82, 2.24) is 10.2 Å². The van der Waals surface area contributed by atoms with Crippen LogP contribution in [0.4, 0.5) is 0 Å². The molecule has 1 aromatic heterocycles. The molecule has 3 heteroatoms. The maximum Gasteiger partial charge on any atom is 0.0302 e. The molecular formula is C14H24N2S. The quantitative estimate of drug-likeness (QED) is 0.751. The summed E-state index contributed by atoms with van der Waals surface area (Å²) in [7, 11) is 2.25. The summed E-state index contributed by atoms with van der Waals surface area (Å²) in [6.07, 6.45) is 4.35. The van der Waals surface area contributed by atoms with Gasteiger partial charge in [0.1, 0.15) is 0 Å². The Balaban J connectivity index is 1.55. The van der Waals surface area contributed by atoms with E-state index in [-0.39, 0.29) is 0 Å². The monoisotopic (exact) mass is 252 g/mol. The predicted molar refractivity (Wildman–Crippen MR) is 75.6 cm³/mol. The average Bonchev–Trinajstić information content (AvgIpc) is 2.65. The average molecular weight is 252 g/mol. The van der Waals surface area contributed by atoms with Gasteiger partial charge in [-0.25, -0.2) is 0 Å². The minimum absolute atomic E-state index is 0.986. The molecule has 0 amide bonds. The molecule has 96 valence electrons. The van der Waals surface area contributed by atoms with Gasteiger partial charge in [0, 0.05) is 31.1 Å². The van der Waals surface area contributed by atoms with Crippen LogP contribution in [0, 0.1) is 12.8 Å². The van der Waals surface area contributed by atoms with Gasteiger partial charge in [-0.05, 0) is 49.7 Å². The molecule has 1 aliphatic carbocycles. The summed E-state index contributed by atoms with van der Waals surface area (Å²) in [6.45, 7) is 6.78. The lowest BCUT2D eigenvalue weighted by Gasteiger charge is -2.30. The van der Waals surface area contributed by atoms with E-state index in [4.69, 9.17) is 0 Å². The van der Waals surface area contributed by atoms with Crippen LogP contribution < -0.4 is 5.32 Å². The van der Waals surface area contributed by atoms with Crippen molar-refractivity contribution in [2.75, 3.05) is 26.7 Å². The van der Waals surface area contributed by atoms with Crippen molar-refractivity contribution in [3.63, 3.8) is 0 Å². The highest BCUT2D eigenvalue weighted by Gasteiger charge is 2.18. The van der Waals surface area contributed by atoms with E-state index in [1.165, 1.54) is 42.8 Å². The van der Waals surface area contributed by atoms with Gasteiger partial charge in [0.15, 0.2) is 0 Å². The molecular weight excluding hydrogens is 228 g/mol. The van der Waals surface area contributed by atoms with E-state index in [9.17, 15) is 0 Å². The third-order valence-electron chi connectivity index (χ3n) is 3.72. The number of thiophene rings is 1. The van der Waals surface area contributed by atoms with Gasteiger partial charge in [0.25, 0.3) is 0 Å². The maximum absolute atomic E-state index is 3.54. The van der Waals surface area contributed by atoms with Crippen LogP contribution in [0.3, 0.4) is 0 Å². The van der Waals surface area contributed by atoms with Crippen LogP contribution in [0.1, 0.15) is 29.7 Å². The fourth-order valence-corrected chi connectivity index (χ4v) is 3.14. The normalized spacial score (nSPS) is 16.4. The molecule has 0 saturated heterocycles. The first-order valence-electron chi connectivity index (χ1n) is 6.68. The third-order valence-corrected chi connectivity index (χ3v) is 4.74. The van der Waals surface area contributed by atoms with Crippen LogP contribution in [0.5, 0.6) is 0 Å². The molecule has 1 N–H and O–H groups in total. The predicted octanol–water partition coefficient (Wildman–Crippen LogP) is 2.88. The fourth-order valence-electron chi connectivity index (χ4n) is 2.26. The summed E-state index contributed by atoms with van der Waals surface area (Å²) in [5.74, 6) is 0.986. The van der Waals surface area contributed by atoms with Gasteiger partial charge in [0.05, 0.1) is 0 Å². The van der Waals surface area contributed by atoms with Crippen molar-refractivity contribution < 1.29 is 0 Å². The Kier molecular flexibility index (Phi) is 5.01. The zero-order valence-corrected chi connectivity index (χ0v) is 11.9. The molecule has 1 fully saturated rings. The lowest BCUT2D eigenvalue weighted by molar-refractivity contribution is 0.206. The second kappa shape index (κ2) is 6.53. The summed E-state index contributed by atoms with van der Waals surface area (Å²) in [6, 6.07) is 2.20. The second-order valence-corrected chi connectivity index (χ2v) is 6.26. The third kappa shape index (κ3) is 4.09. The molecule has 0 unspecified atom stereocenters. The number of aryl methyl sites for hydroxylation is 1. The summed E-state index contributed by atoms with van der Waals surface area (Å²) in [5.41, 5.74) is 1.42. The smallest absolute Gasteiger partial charge is 0.0302 e. The van der Waals surface area contributed by atoms with E-state index in [0.717, 1.165) is 19.0 Å². The van der Waals surface area contributed by atoms with Crippen LogP contribution in [0.2, 0.25) is 0 Å². The zero-order chi connectivity index (χ0) is 12.1. The highest BCUT2D eigenvalue weighted by atomic mass is 32.1. The van der Waals surface area contributed by atoms with Gasteiger partial charge < -0.3 is 10.2 Å². The minimum atomic E-state index is 0.986. The first-order chi connectivity index (χ1) is 8.25. The van der Waals surface area contributed by atoms with Gasteiger partial charge in [-0.1, -0.05) is 6.42 Å². The SMILES string of the molecule is Cc1ccsc1CNCCN(C)CC1CCC1. The van der Waals surface area contributed by atoms with Crippen molar-refractivity contribution in [2.45, 2.75) is 32.7 Å². The summed E-state index contributed by atoms with van der Waals surface area (Å²) in [4.78, 5) is 3.95. The van der Waals surface area contributed by atoms with Crippen molar-refractivity contribution >= 4 is 11.3 Å². The van der Waals surface area contributed by atoms with E-state index >= 15 is 0 Å². The van der Waals surface area contributed by atoms with Gasteiger partial charge in [0.2, 0.25) is 0 Å². The molecule has 17 heavy (non-hydrogen) atoms. The van der Waals surface area contributed by atoms with Crippen LogP contribution >= 0.6 is 11.3 Å². The Hall–Kier alpha value is -0.380. The van der Waals surface area contributed by atoms with E-state index in [0.29, 0.717) is 0 Å². The zero-order valence-electron chi connectivity index (χ0n) is 11.0. The van der Waals surface area contributed by atoms with E-state index in [1.807, 2.05) is 11.3 Å². The Morgan fingerprint density at radius 3 is 2.88 bits per heavy atom. The number of nitrogens with one attached hydrogen (secondary N) is 1. The summed E-state index contributed by atoms with van der Waals surface area (Å²) >= 11 is 1.86. The van der Waals surface area contributed by atoms with E-state index in [1.54, 1.807) is 0 Å². The molecule has 2 nitrogen and oxygen atoms in total. The van der Waals surface area contributed by atoms with Crippen LogP contribution in [-0.4, -0.2) is 31.6 Å². The largest absolute Gasteiger partial charge is 0.311 e. The lowest BCUT2D eigenvalue weighted by atomic mass is 9.85. The molecule has 1 saturated carbocycles. The Bertz CT molecular complexity index is 331. The molecule has 2 rings (SSSR count). The number of hydrogen-bond acceptors (Lipinski definition) is 3. The van der Waals surface area contributed by atoms with Gasteiger partial charge in [-0.15, -0.1) is 11.3 Å². The molecule has 0 atom stereocenters. The summed E-state index contributed by atoms with van der Waals surface area (Å²) < 4.78 is 0. The van der Waals surface area contributed by atoms with Crippen LogP contribution in [0.25, 0.3) is 0 Å². The Labute approximate surface area is 109 Å².